The highest BCUT2D eigenvalue weighted by molar-refractivity contribution is 5.22. The van der Waals surface area contributed by atoms with Crippen LogP contribution in [0.3, 0.4) is 0 Å². The van der Waals surface area contributed by atoms with Gasteiger partial charge in [0.2, 0.25) is 0 Å². The number of nitrogens with zero attached hydrogens (tertiary/aromatic N) is 1. The maximum absolute atomic E-state index is 5.71. The summed E-state index contributed by atoms with van der Waals surface area (Å²) >= 11 is 0. The Hall–Kier alpha value is -1.13. The van der Waals surface area contributed by atoms with E-state index >= 15 is 0 Å². The van der Waals surface area contributed by atoms with Crippen LogP contribution in [-0.2, 0) is 11.3 Å². The second-order valence-electron chi connectivity index (χ2n) is 3.60. The minimum absolute atomic E-state index is 0.0600. The minimum Gasteiger partial charge on any atom is -0.488 e. The molecule has 0 aromatic carbocycles. The van der Waals surface area contributed by atoms with Gasteiger partial charge in [-0.15, -0.1) is 0 Å². The van der Waals surface area contributed by atoms with Crippen LogP contribution in [-0.4, -0.2) is 31.3 Å². The lowest BCUT2D eigenvalue weighted by molar-refractivity contribution is 0.0656. The first-order valence-corrected chi connectivity index (χ1v) is 5.60. The van der Waals surface area contributed by atoms with Crippen molar-refractivity contribution < 1.29 is 9.47 Å². The Morgan fingerprint density at radius 1 is 1.50 bits per heavy atom. The third-order valence-corrected chi connectivity index (χ3v) is 2.04. The molecular weight excluding hydrogens is 204 g/mol. The Morgan fingerprint density at radius 2 is 2.31 bits per heavy atom. The number of aromatic nitrogens is 1. The number of pyridine rings is 1. The SMILES string of the molecule is CCOCC(C)Oc1ccnc(CNC)c1. The van der Waals surface area contributed by atoms with E-state index in [2.05, 4.69) is 10.3 Å². The molecule has 0 spiro atoms. The average Bonchev–Trinajstić information content (AvgIpc) is 2.27. The lowest BCUT2D eigenvalue weighted by Crippen LogP contribution is -2.19. The maximum atomic E-state index is 5.71. The molecular formula is C12H20N2O2. The molecule has 1 rings (SSSR count). The van der Waals surface area contributed by atoms with Crippen molar-refractivity contribution in [3.8, 4) is 5.75 Å². The monoisotopic (exact) mass is 224 g/mol. The molecule has 0 fully saturated rings. The van der Waals surface area contributed by atoms with Crippen molar-refractivity contribution in [3.63, 3.8) is 0 Å². The lowest BCUT2D eigenvalue weighted by atomic mass is 10.3. The zero-order valence-corrected chi connectivity index (χ0v) is 10.2. The maximum Gasteiger partial charge on any atom is 0.123 e. The van der Waals surface area contributed by atoms with Gasteiger partial charge in [0.05, 0.1) is 12.3 Å². The van der Waals surface area contributed by atoms with Gasteiger partial charge in [-0.2, -0.15) is 0 Å². The Balaban J connectivity index is 2.49. The van der Waals surface area contributed by atoms with E-state index < -0.39 is 0 Å². The smallest absolute Gasteiger partial charge is 0.123 e. The molecule has 1 aromatic heterocycles. The van der Waals surface area contributed by atoms with Crippen LogP contribution in [0, 0.1) is 0 Å². The van der Waals surface area contributed by atoms with Gasteiger partial charge in [-0.05, 0) is 27.0 Å². The van der Waals surface area contributed by atoms with Crippen molar-refractivity contribution in [1.82, 2.24) is 10.3 Å². The summed E-state index contributed by atoms with van der Waals surface area (Å²) in [7, 11) is 1.90. The molecule has 90 valence electrons. The first-order chi connectivity index (χ1) is 7.76. The standard InChI is InChI=1S/C12H20N2O2/c1-4-15-9-10(2)16-12-5-6-14-11(7-12)8-13-3/h5-7,10,13H,4,8-9H2,1-3H3. The Kier molecular flexibility index (Phi) is 5.82. The van der Waals surface area contributed by atoms with Crippen LogP contribution in [0.2, 0.25) is 0 Å². The molecule has 1 N–H and O–H groups in total. The van der Waals surface area contributed by atoms with E-state index in [1.807, 2.05) is 33.0 Å². The summed E-state index contributed by atoms with van der Waals surface area (Å²) in [5.41, 5.74) is 0.976. The van der Waals surface area contributed by atoms with E-state index in [1.54, 1.807) is 6.20 Å². The molecule has 0 bridgehead atoms. The van der Waals surface area contributed by atoms with Crippen LogP contribution < -0.4 is 10.1 Å². The highest BCUT2D eigenvalue weighted by Crippen LogP contribution is 2.12. The molecule has 0 aliphatic rings. The van der Waals surface area contributed by atoms with E-state index in [4.69, 9.17) is 9.47 Å². The molecule has 1 aromatic rings. The van der Waals surface area contributed by atoms with E-state index in [0.717, 1.165) is 24.6 Å². The third-order valence-electron chi connectivity index (χ3n) is 2.04. The molecule has 0 amide bonds. The van der Waals surface area contributed by atoms with Gasteiger partial charge >= 0.3 is 0 Å². The highest BCUT2D eigenvalue weighted by Gasteiger charge is 2.04. The predicted octanol–water partition coefficient (Wildman–Crippen LogP) is 1.60. The molecule has 0 aliphatic heterocycles. The van der Waals surface area contributed by atoms with E-state index in [9.17, 15) is 0 Å². The summed E-state index contributed by atoms with van der Waals surface area (Å²) in [6.07, 6.45) is 1.82. The molecule has 1 unspecified atom stereocenters. The van der Waals surface area contributed by atoms with Gasteiger partial charge in [0, 0.05) is 25.4 Å². The summed E-state index contributed by atoms with van der Waals surface area (Å²) in [6.45, 7) is 6.05. The van der Waals surface area contributed by atoms with E-state index in [-0.39, 0.29) is 6.10 Å². The first-order valence-electron chi connectivity index (χ1n) is 5.60. The molecule has 0 aliphatic carbocycles. The summed E-state index contributed by atoms with van der Waals surface area (Å²) in [5.74, 6) is 0.840. The fourth-order valence-corrected chi connectivity index (χ4v) is 1.36. The van der Waals surface area contributed by atoms with Gasteiger partial charge in [-0.1, -0.05) is 0 Å². The van der Waals surface area contributed by atoms with E-state index in [0.29, 0.717) is 6.61 Å². The Morgan fingerprint density at radius 3 is 3.00 bits per heavy atom. The van der Waals surface area contributed by atoms with Crippen LogP contribution in [0.1, 0.15) is 19.5 Å². The lowest BCUT2D eigenvalue weighted by Gasteiger charge is -2.14. The molecule has 1 heterocycles. The largest absolute Gasteiger partial charge is 0.488 e. The van der Waals surface area contributed by atoms with Crippen molar-refractivity contribution in [2.45, 2.75) is 26.5 Å². The second-order valence-corrected chi connectivity index (χ2v) is 3.60. The molecule has 16 heavy (non-hydrogen) atoms. The van der Waals surface area contributed by atoms with Crippen molar-refractivity contribution >= 4 is 0 Å². The zero-order chi connectivity index (χ0) is 11.8. The molecule has 1 atom stereocenters. The normalized spacial score (nSPS) is 12.4. The number of ether oxygens (including phenoxy) is 2. The van der Waals surface area contributed by atoms with Gasteiger partial charge in [-0.25, -0.2) is 0 Å². The van der Waals surface area contributed by atoms with Crippen LogP contribution in [0.25, 0.3) is 0 Å². The van der Waals surface area contributed by atoms with Gasteiger partial charge in [0.25, 0.3) is 0 Å². The number of hydrogen-bond donors (Lipinski definition) is 1. The molecule has 0 saturated carbocycles. The molecule has 4 nitrogen and oxygen atoms in total. The number of hydrogen-bond acceptors (Lipinski definition) is 4. The summed E-state index contributed by atoms with van der Waals surface area (Å²) in [5, 5.41) is 3.06. The number of nitrogens with one attached hydrogen (secondary N) is 1. The fraction of sp³-hybridized carbons (Fsp3) is 0.583. The Labute approximate surface area is 97.0 Å². The third kappa shape index (κ3) is 4.59. The molecule has 4 heteroatoms. The van der Waals surface area contributed by atoms with Crippen LogP contribution in [0.15, 0.2) is 18.3 Å². The predicted molar refractivity (Wildman–Crippen MR) is 63.6 cm³/mol. The minimum atomic E-state index is 0.0600. The fourth-order valence-electron chi connectivity index (χ4n) is 1.36. The molecule has 0 saturated heterocycles. The van der Waals surface area contributed by atoms with Crippen LogP contribution >= 0.6 is 0 Å². The second kappa shape index (κ2) is 7.19. The topological polar surface area (TPSA) is 43.4 Å². The van der Waals surface area contributed by atoms with Crippen molar-refractivity contribution in [3.05, 3.63) is 24.0 Å². The molecule has 0 radical (unpaired) electrons. The summed E-state index contributed by atoms with van der Waals surface area (Å²) < 4.78 is 11.0. The zero-order valence-electron chi connectivity index (χ0n) is 10.2. The Bertz CT molecular complexity index is 305. The van der Waals surface area contributed by atoms with Crippen molar-refractivity contribution in [1.29, 1.82) is 0 Å². The van der Waals surface area contributed by atoms with Gasteiger partial charge in [-0.3, -0.25) is 4.98 Å². The van der Waals surface area contributed by atoms with Gasteiger partial charge in [0.15, 0.2) is 0 Å². The van der Waals surface area contributed by atoms with Crippen molar-refractivity contribution in [2.75, 3.05) is 20.3 Å². The number of rotatable bonds is 7. The van der Waals surface area contributed by atoms with Crippen LogP contribution in [0.5, 0.6) is 5.75 Å². The van der Waals surface area contributed by atoms with Gasteiger partial charge < -0.3 is 14.8 Å². The average molecular weight is 224 g/mol. The quantitative estimate of drug-likeness (QED) is 0.764. The van der Waals surface area contributed by atoms with Crippen LogP contribution in [0.4, 0.5) is 0 Å². The summed E-state index contributed by atoms with van der Waals surface area (Å²) in [4.78, 5) is 4.22. The van der Waals surface area contributed by atoms with Gasteiger partial charge in [0.1, 0.15) is 11.9 Å². The van der Waals surface area contributed by atoms with E-state index in [1.165, 1.54) is 0 Å². The van der Waals surface area contributed by atoms with Crippen molar-refractivity contribution in [2.24, 2.45) is 0 Å². The first kappa shape index (κ1) is 12.9. The highest BCUT2D eigenvalue weighted by atomic mass is 16.5. The summed E-state index contributed by atoms with van der Waals surface area (Å²) in [6, 6.07) is 3.81.